The van der Waals surface area contributed by atoms with E-state index < -0.39 is 29.6 Å². The Morgan fingerprint density at radius 3 is 2.70 bits per heavy atom. The van der Waals surface area contributed by atoms with E-state index in [1.54, 1.807) is 12.1 Å². The third-order valence-electron chi connectivity index (χ3n) is 4.43. The summed E-state index contributed by atoms with van der Waals surface area (Å²) in [5, 5.41) is 8.94. The third kappa shape index (κ3) is 4.64. The molecule has 0 radical (unpaired) electrons. The van der Waals surface area contributed by atoms with Crippen molar-refractivity contribution in [2.45, 2.75) is 18.4 Å². The van der Waals surface area contributed by atoms with Crippen molar-refractivity contribution in [3.63, 3.8) is 0 Å². The molecule has 3 rings (SSSR count). The summed E-state index contributed by atoms with van der Waals surface area (Å²) in [6.07, 6.45) is 1.93. The van der Waals surface area contributed by atoms with Gasteiger partial charge >= 0.3 is 6.03 Å². The monoisotopic (exact) mass is 396 g/mol. The van der Waals surface area contributed by atoms with Crippen molar-refractivity contribution in [2.24, 2.45) is 0 Å². The molecule has 3 N–H and O–H groups in total. The van der Waals surface area contributed by atoms with Crippen LogP contribution in [-0.2, 0) is 0 Å². The normalized spacial score (nSPS) is 19.4. The van der Waals surface area contributed by atoms with Gasteiger partial charge in [0.25, 0.3) is 0 Å². The van der Waals surface area contributed by atoms with Crippen molar-refractivity contribution in [1.82, 2.24) is 15.6 Å². The maximum atomic E-state index is 14.5. The molecular formula is C18H19ClF2N4O2. The number of hydrogen-bond donors (Lipinski definition) is 3. The second-order valence-corrected chi connectivity index (χ2v) is 6.61. The van der Waals surface area contributed by atoms with Gasteiger partial charge < -0.3 is 15.4 Å². The summed E-state index contributed by atoms with van der Waals surface area (Å²) in [6, 6.07) is 4.49. The van der Waals surface area contributed by atoms with E-state index in [2.05, 4.69) is 20.9 Å². The molecule has 1 fully saturated rings. The van der Waals surface area contributed by atoms with Crippen LogP contribution < -0.4 is 20.7 Å². The fourth-order valence-corrected chi connectivity index (χ4v) is 3.25. The first-order chi connectivity index (χ1) is 13.0. The molecule has 6 nitrogen and oxygen atoms in total. The minimum atomic E-state index is -0.702. The molecule has 1 aliphatic rings. The maximum absolute atomic E-state index is 14.5. The summed E-state index contributed by atoms with van der Waals surface area (Å²) in [7, 11) is 1.34. The van der Waals surface area contributed by atoms with Crippen LogP contribution in [0.15, 0.2) is 30.5 Å². The van der Waals surface area contributed by atoms with Gasteiger partial charge in [-0.3, -0.25) is 5.32 Å². The largest absolute Gasteiger partial charge is 0.497 e. The first-order valence-electron chi connectivity index (χ1n) is 8.40. The van der Waals surface area contributed by atoms with Crippen molar-refractivity contribution < 1.29 is 18.3 Å². The highest BCUT2D eigenvalue weighted by molar-refractivity contribution is 6.30. The summed E-state index contributed by atoms with van der Waals surface area (Å²) in [5.74, 6) is -1.54. The molecule has 144 valence electrons. The number of benzene rings is 1. The second-order valence-electron chi connectivity index (χ2n) is 6.17. The van der Waals surface area contributed by atoms with Crippen molar-refractivity contribution in [1.29, 1.82) is 0 Å². The molecule has 1 unspecified atom stereocenters. The molecule has 9 heteroatoms. The number of anilines is 1. The van der Waals surface area contributed by atoms with Gasteiger partial charge in [-0.1, -0.05) is 11.6 Å². The minimum absolute atomic E-state index is 0.0714. The van der Waals surface area contributed by atoms with Crippen LogP contribution in [0.2, 0.25) is 5.02 Å². The van der Waals surface area contributed by atoms with E-state index in [-0.39, 0.29) is 11.3 Å². The molecule has 27 heavy (non-hydrogen) atoms. The van der Waals surface area contributed by atoms with E-state index in [9.17, 15) is 13.6 Å². The Morgan fingerprint density at radius 1 is 1.33 bits per heavy atom. The molecule has 2 atom stereocenters. The molecule has 2 heterocycles. The third-order valence-corrected chi connectivity index (χ3v) is 4.65. The molecule has 0 bridgehead atoms. The van der Waals surface area contributed by atoms with Crippen LogP contribution in [-0.4, -0.2) is 37.3 Å². The molecule has 0 aliphatic carbocycles. The standard InChI is InChI=1S/C18H19ClF2N4O2/c1-27-11-6-13(20)17(14(21)7-11)12-9-22-5-4-15(12)24-18(26)25-16-3-2-10(19)8-23-16/h2-3,6-8,12,15,22H,4-5,9H2,1H3,(H2,23,24,25,26)/t12?,15-/m1/s1. The molecule has 2 amide bonds. The molecule has 0 saturated carbocycles. The Kier molecular flexibility index (Phi) is 6.08. The zero-order chi connectivity index (χ0) is 19.4. The van der Waals surface area contributed by atoms with E-state index in [1.165, 1.54) is 13.3 Å². The average molecular weight is 397 g/mol. The van der Waals surface area contributed by atoms with Crippen LogP contribution in [0, 0.1) is 11.6 Å². The van der Waals surface area contributed by atoms with Gasteiger partial charge in [-0.2, -0.15) is 0 Å². The number of carbonyl (C=O) groups is 1. The lowest BCUT2D eigenvalue weighted by Gasteiger charge is -2.33. The molecule has 1 aromatic carbocycles. The molecule has 0 spiro atoms. The molecule has 1 saturated heterocycles. The number of rotatable bonds is 4. The first kappa shape index (κ1) is 19.3. The van der Waals surface area contributed by atoms with Crippen LogP contribution in [0.4, 0.5) is 19.4 Å². The number of pyridine rings is 1. The summed E-state index contributed by atoms with van der Waals surface area (Å²) >= 11 is 5.76. The van der Waals surface area contributed by atoms with E-state index in [1.807, 2.05) is 0 Å². The summed E-state index contributed by atoms with van der Waals surface area (Å²) in [4.78, 5) is 16.3. The van der Waals surface area contributed by atoms with Gasteiger partial charge in [0.15, 0.2) is 0 Å². The lowest BCUT2D eigenvalue weighted by atomic mass is 9.86. The van der Waals surface area contributed by atoms with Crippen LogP contribution >= 0.6 is 11.6 Å². The number of nitrogens with zero attached hydrogens (tertiary/aromatic N) is 1. The number of carbonyl (C=O) groups excluding carboxylic acids is 1. The highest BCUT2D eigenvalue weighted by atomic mass is 35.5. The van der Waals surface area contributed by atoms with Crippen molar-refractivity contribution in [3.05, 3.63) is 52.7 Å². The first-order valence-corrected chi connectivity index (χ1v) is 8.78. The number of ether oxygens (including phenoxy) is 1. The van der Waals surface area contributed by atoms with Crippen LogP contribution in [0.25, 0.3) is 0 Å². The zero-order valence-electron chi connectivity index (χ0n) is 14.6. The van der Waals surface area contributed by atoms with Gasteiger partial charge in [0.1, 0.15) is 23.2 Å². The van der Waals surface area contributed by atoms with E-state index >= 15 is 0 Å². The highest BCUT2D eigenvalue weighted by Crippen LogP contribution is 2.31. The predicted octanol–water partition coefficient (Wildman–Crippen LogP) is 3.29. The van der Waals surface area contributed by atoms with Crippen molar-refractivity contribution in [2.75, 3.05) is 25.5 Å². The predicted molar refractivity (Wildman–Crippen MR) is 98.3 cm³/mol. The van der Waals surface area contributed by atoms with Crippen molar-refractivity contribution >= 4 is 23.4 Å². The number of piperidine rings is 1. The van der Waals surface area contributed by atoms with Gasteiger partial charge in [-0.25, -0.2) is 18.6 Å². The quantitative estimate of drug-likeness (QED) is 0.741. The van der Waals surface area contributed by atoms with E-state index in [0.29, 0.717) is 30.4 Å². The number of aromatic nitrogens is 1. The fraction of sp³-hybridized carbons (Fsp3) is 0.333. The number of hydrogen-bond acceptors (Lipinski definition) is 4. The Labute approximate surface area is 160 Å². The SMILES string of the molecule is COc1cc(F)c(C2CNCC[C@H]2NC(=O)Nc2ccc(Cl)cn2)c(F)c1. The van der Waals surface area contributed by atoms with Crippen molar-refractivity contribution in [3.8, 4) is 5.75 Å². The van der Waals surface area contributed by atoms with Gasteiger partial charge in [0.05, 0.1) is 12.1 Å². The lowest BCUT2D eigenvalue weighted by molar-refractivity contribution is 0.240. The Hall–Kier alpha value is -2.45. The summed E-state index contributed by atoms with van der Waals surface area (Å²) in [5.41, 5.74) is -0.0714. The second kappa shape index (κ2) is 8.49. The topological polar surface area (TPSA) is 75.3 Å². The average Bonchev–Trinajstić information content (AvgIpc) is 2.64. The van der Waals surface area contributed by atoms with Crippen LogP contribution in [0.3, 0.4) is 0 Å². The highest BCUT2D eigenvalue weighted by Gasteiger charge is 2.32. The number of amides is 2. The summed E-state index contributed by atoms with van der Waals surface area (Å²) < 4.78 is 33.9. The lowest BCUT2D eigenvalue weighted by Crippen LogP contribution is -2.49. The Bertz CT molecular complexity index is 797. The maximum Gasteiger partial charge on any atom is 0.320 e. The smallest absolute Gasteiger partial charge is 0.320 e. The number of halogens is 3. The van der Waals surface area contributed by atoms with Gasteiger partial charge in [0, 0.05) is 42.4 Å². The van der Waals surface area contributed by atoms with Gasteiger partial charge in [-0.05, 0) is 25.1 Å². The Morgan fingerprint density at radius 2 is 2.07 bits per heavy atom. The Balaban J connectivity index is 1.76. The van der Waals surface area contributed by atoms with Gasteiger partial charge in [-0.15, -0.1) is 0 Å². The number of nitrogens with one attached hydrogen (secondary N) is 3. The van der Waals surface area contributed by atoms with Gasteiger partial charge in [0.2, 0.25) is 0 Å². The molecule has 1 aliphatic heterocycles. The fourth-order valence-electron chi connectivity index (χ4n) is 3.14. The summed E-state index contributed by atoms with van der Waals surface area (Å²) in [6.45, 7) is 0.963. The molecule has 1 aromatic heterocycles. The molecular weight excluding hydrogens is 378 g/mol. The van der Waals surface area contributed by atoms with Crippen LogP contribution in [0.1, 0.15) is 17.9 Å². The van der Waals surface area contributed by atoms with E-state index in [0.717, 1.165) is 12.1 Å². The number of methoxy groups -OCH3 is 1. The molecule has 2 aromatic rings. The van der Waals surface area contributed by atoms with Crippen LogP contribution in [0.5, 0.6) is 5.75 Å². The number of urea groups is 1. The minimum Gasteiger partial charge on any atom is -0.497 e. The van der Waals surface area contributed by atoms with E-state index in [4.69, 9.17) is 16.3 Å². The zero-order valence-corrected chi connectivity index (χ0v) is 15.3.